The van der Waals surface area contributed by atoms with E-state index in [1.54, 1.807) is 0 Å². The zero-order valence-electron chi connectivity index (χ0n) is 11.1. The van der Waals surface area contributed by atoms with E-state index < -0.39 is 28.4 Å². The summed E-state index contributed by atoms with van der Waals surface area (Å²) in [5.74, 6) is -1.56. The number of aromatic hydroxyl groups is 2. The summed E-state index contributed by atoms with van der Waals surface area (Å²) in [6.45, 7) is 7.03. The minimum Gasteiger partial charge on any atom is -0.504 e. The first kappa shape index (κ1) is 15.7. The molecule has 20 heavy (non-hydrogen) atoms. The van der Waals surface area contributed by atoms with Gasteiger partial charge < -0.3 is 19.7 Å². The predicted molar refractivity (Wildman–Crippen MR) is 73.4 cm³/mol. The van der Waals surface area contributed by atoms with E-state index in [1.165, 1.54) is 26.4 Å². The average Bonchev–Trinajstić information content (AvgIpc) is 2.43. The van der Waals surface area contributed by atoms with Gasteiger partial charge in [0.15, 0.2) is 12.0 Å². The molecule has 7 nitrogen and oxygen atoms in total. The molecule has 0 saturated carbocycles. The summed E-state index contributed by atoms with van der Waals surface area (Å²) >= 11 is 0. The van der Waals surface area contributed by atoms with Crippen molar-refractivity contribution in [3.8, 4) is 11.5 Å². The van der Waals surface area contributed by atoms with Crippen LogP contribution in [0, 0.1) is 10.1 Å². The van der Waals surface area contributed by atoms with E-state index in [-0.39, 0.29) is 16.7 Å². The molecule has 0 fully saturated rings. The molecule has 2 N–H and O–H groups in total. The molecule has 1 aromatic carbocycles. The normalized spacial score (nSPS) is 10.6. The molecule has 0 heterocycles. The van der Waals surface area contributed by atoms with E-state index in [1.807, 2.05) is 0 Å². The molecule has 0 saturated heterocycles. The highest BCUT2D eigenvalue weighted by molar-refractivity contribution is 5.80. The molecule has 0 unspecified atom stereocenters. The van der Waals surface area contributed by atoms with Gasteiger partial charge in [0, 0.05) is 19.8 Å². The summed E-state index contributed by atoms with van der Waals surface area (Å²) in [5, 5.41) is 30.9. The quantitative estimate of drug-likeness (QED) is 0.359. The standard InChI is InChI=1S/C13H15NO6/c1-5-7-8(6-2)10(14(17)18)12(16)11(15)9(7)13(19-3)20-4/h5-6,13,15-16H,1-2H2,3-4H3. The number of ether oxygens (including phenoxy) is 2. The highest BCUT2D eigenvalue weighted by Crippen LogP contribution is 2.47. The van der Waals surface area contributed by atoms with Crippen molar-refractivity contribution in [1.29, 1.82) is 0 Å². The second-order valence-corrected chi connectivity index (χ2v) is 3.76. The van der Waals surface area contributed by atoms with Gasteiger partial charge in [0.2, 0.25) is 5.75 Å². The fourth-order valence-corrected chi connectivity index (χ4v) is 1.95. The number of benzene rings is 1. The van der Waals surface area contributed by atoms with E-state index in [4.69, 9.17) is 9.47 Å². The van der Waals surface area contributed by atoms with E-state index in [0.717, 1.165) is 0 Å². The Morgan fingerprint density at radius 1 is 1.15 bits per heavy atom. The number of phenols is 2. The summed E-state index contributed by atoms with van der Waals surface area (Å²) in [5.41, 5.74) is -0.379. The topological polar surface area (TPSA) is 102 Å². The second kappa shape index (κ2) is 6.18. The zero-order chi connectivity index (χ0) is 15.4. The molecular formula is C13H15NO6. The van der Waals surface area contributed by atoms with Gasteiger partial charge in [-0.25, -0.2) is 0 Å². The largest absolute Gasteiger partial charge is 0.504 e. The van der Waals surface area contributed by atoms with Crippen LogP contribution in [0.2, 0.25) is 0 Å². The van der Waals surface area contributed by atoms with Crippen LogP contribution in [0.3, 0.4) is 0 Å². The molecule has 0 radical (unpaired) electrons. The van der Waals surface area contributed by atoms with Crippen LogP contribution in [0.4, 0.5) is 5.69 Å². The van der Waals surface area contributed by atoms with Crippen LogP contribution in [0.15, 0.2) is 13.2 Å². The summed E-state index contributed by atoms with van der Waals surface area (Å²) in [7, 11) is 2.65. The minimum atomic E-state index is -1.02. The first-order valence-electron chi connectivity index (χ1n) is 5.51. The van der Waals surface area contributed by atoms with Crippen LogP contribution in [-0.2, 0) is 9.47 Å². The van der Waals surface area contributed by atoms with Gasteiger partial charge in [-0.3, -0.25) is 10.1 Å². The number of methoxy groups -OCH3 is 2. The Balaban J connectivity index is 3.87. The van der Waals surface area contributed by atoms with Crippen LogP contribution in [0.25, 0.3) is 12.2 Å². The van der Waals surface area contributed by atoms with Crippen molar-refractivity contribution >= 4 is 17.8 Å². The maximum Gasteiger partial charge on any atom is 0.322 e. The molecule has 1 aromatic rings. The third kappa shape index (κ3) is 2.36. The lowest BCUT2D eigenvalue weighted by Gasteiger charge is -2.20. The molecule has 7 heteroatoms. The lowest BCUT2D eigenvalue weighted by atomic mass is 9.96. The van der Waals surface area contributed by atoms with Crippen molar-refractivity contribution in [2.75, 3.05) is 14.2 Å². The Morgan fingerprint density at radius 2 is 1.65 bits per heavy atom. The second-order valence-electron chi connectivity index (χ2n) is 3.76. The summed E-state index contributed by atoms with van der Waals surface area (Å²) < 4.78 is 10.0. The van der Waals surface area contributed by atoms with Gasteiger partial charge in [0.1, 0.15) is 0 Å². The third-order valence-electron chi connectivity index (χ3n) is 2.79. The fraction of sp³-hybridized carbons (Fsp3) is 0.231. The molecule has 108 valence electrons. The van der Waals surface area contributed by atoms with Crippen LogP contribution in [-0.4, -0.2) is 29.4 Å². The van der Waals surface area contributed by atoms with E-state index in [2.05, 4.69) is 13.2 Å². The van der Waals surface area contributed by atoms with E-state index in [0.29, 0.717) is 0 Å². The van der Waals surface area contributed by atoms with Gasteiger partial charge >= 0.3 is 5.69 Å². The maximum atomic E-state index is 11.0. The minimum absolute atomic E-state index is 0.0226. The van der Waals surface area contributed by atoms with Crippen molar-refractivity contribution < 1.29 is 24.6 Å². The number of phenolic OH excluding ortho intramolecular Hbond substituents is 2. The van der Waals surface area contributed by atoms with Crippen molar-refractivity contribution in [1.82, 2.24) is 0 Å². The average molecular weight is 281 g/mol. The van der Waals surface area contributed by atoms with E-state index in [9.17, 15) is 20.3 Å². The van der Waals surface area contributed by atoms with Gasteiger partial charge in [0.05, 0.1) is 16.1 Å². The molecular weight excluding hydrogens is 266 g/mol. The number of rotatable bonds is 6. The third-order valence-corrected chi connectivity index (χ3v) is 2.79. The Hall–Kier alpha value is -2.38. The molecule has 0 aliphatic carbocycles. The van der Waals surface area contributed by atoms with Gasteiger partial charge in [-0.2, -0.15) is 0 Å². The summed E-state index contributed by atoms with van der Waals surface area (Å²) in [4.78, 5) is 10.2. The molecule has 0 atom stereocenters. The molecule has 0 spiro atoms. The van der Waals surface area contributed by atoms with Crippen LogP contribution >= 0.6 is 0 Å². The molecule has 1 rings (SSSR count). The predicted octanol–water partition coefficient (Wildman–Crippen LogP) is 2.58. The van der Waals surface area contributed by atoms with Crippen LogP contribution < -0.4 is 0 Å². The van der Waals surface area contributed by atoms with Crippen molar-refractivity contribution in [2.24, 2.45) is 0 Å². The Labute approximate surface area is 115 Å². The smallest absolute Gasteiger partial charge is 0.322 e. The van der Waals surface area contributed by atoms with Crippen LogP contribution in [0.5, 0.6) is 11.5 Å². The molecule has 0 bridgehead atoms. The maximum absolute atomic E-state index is 11.0. The first-order chi connectivity index (χ1) is 9.44. The zero-order valence-corrected chi connectivity index (χ0v) is 11.1. The first-order valence-corrected chi connectivity index (χ1v) is 5.51. The van der Waals surface area contributed by atoms with Crippen molar-refractivity contribution in [3.05, 3.63) is 40.0 Å². The fourth-order valence-electron chi connectivity index (χ4n) is 1.95. The lowest BCUT2D eigenvalue weighted by molar-refractivity contribution is -0.386. The van der Waals surface area contributed by atoms with Gasteiger partial charge in [-0.1, -0.05) is 25.3 Å². The number of hydrogen-bond donors (Lipinski definition) is 2. The summed E-state index contributed by atoms with van der Waals surface area (Å²) in [6, 6.07) is 0. The van der Waals surface area contributed by atoms with Gasteiger partial charge in [0.25, 0.3) is 0 Å². The van der Waals surface area contributed by atoms with Crippen molar-refractivity contribution in [3.63, 3.8) is 0 Å². The van der Waals surface area contributed by atoms with Crippen molar-refractivity contribution in [2.45, 2.75) is 6.29 Å². The number of nitro groups is 1. The van der Waals surface area contributed by atoms with Gasteiger partial charge in [-0.05, 0) is 0 Å². The highest BCUT2D eigenvalue weighted by atomic mass is 16.7. The molecule has 0 aliphatic heterocycles. The number of nitro benzene ring substituents is 1. The molecule has 0 aromatic heterocycles. The SMILES string of the molecule is C=Cc1c(C=C)c([N+](=O)[O-])c(O)c(O)c1C(OC)OC. The summed E-state index contributed by atoms with van der Waals surface area (Å²) in [6.07, 6.45) is 1.47. The van der Waals surface area contributed by atoms with Gasteiger partial charge in [-0.15, -0.1) is 0 Å². The monoisotopic (exact) mass is 281 g/mol. The Kier molecular flexibility index (Phi) is 4.84. The number of hydrogen-bond acceptors (Lipinski definition) is 6. The van der Waals surface area contributed by atoms with E-state index >= 15 is 0 Å². The Morgan fingerprint density at radius 3 is 2.00 bits per heavy atom. The molecule has 0 amide bonds. The Bertz CT molecular complexity index is 563. The number of nitrogens with zero attached hydrogens (tertiary/aromatic N) is 1. The van der Waals surface area contributed by atoms with Crippen LogP contribution in [0.1, 0.15) is 23.0 Å². The lowest BCUT2D eigenvalue weighted by Crippen LogP contribution is -2.09. The highest BCUT2D eigenvalue weighted by Gasteiger charge is 2.31. The molecule has 0 aliphatic rings.